The van der Waals surface area contributed by atoms with Gasteiger partial charge in [0.2, 0.25) is 0 Å². The molecule has 1 N–H and O–H groups in total. The molecular formula is C25H27N3O3S. The fourth-order valence-corrected chi connectivity index (χ4v) is 4.50. The van der Waals surface area contributed by atoms with Crippen molar-refractivity contribution in [2.45, 2.75) is 31.6 Å². The van der Waals surface area contributed by atoms with Crippen LogP contribution in [0.2, 0.25) is 0 Å². The van der Waals surface area contributed by atoms with Gasteiger partial charge in [-0.15, -0.1) is 0 Å². The summed E-state index contributed by atoms with van der Waals surface area (Å²) < 4.78 is 27.7. The Bertz CT molecular complexity index is 1170. The molecule has 3 aromatic rings. The summed E-state index contributed by atoms with van der Waals surface area (Å²) >= 11 is 0. The van der Waals surface area contributed by atoms with E-state index in [1.807, 2.05) is 43.3 Å². The third kappa shape index (κ3) is 5.82. The fraction of sp³-hybridized carbons (Fsp3) is 0.200. The number of carbonyl (C=O) groups is 1. The number of carbonyl (C=O) groups excluding carboxylic acids is 1. The number of hydrogen-bond acceptors (Lipinski definition) is 4. The standard InChI is InChI=1S/C25H27N3O3S/c1-19(2)22-13-15-23(16-14-22)28(32(30,31)24-7-5-4-6-8-24)18-25(29)27-26-17-21-11-9-20(3)10-12-21/h4-17,19H,18H2,1-3H3,(H,27,29)/b26-17-. The predicted molar refractivity (Wildman–Crippen MR) is 128 cm³/mol. The Hall–Kier alpha value is -3.45. The van der Waals surface area contributed by atoms with Crippen LogP contribution in [0, 0.1) is 6.92 Å². The van der Waals surface area contributed by atoms with Gasteiger partial charge in [-0.2, -0.15) is 5.10 Å². The van der Waals surface area contributed by atoms with Gasteiger partial charge in [0.15, 0.2) is 0 Å². The molecule has 0 aliphatic heterocycles. The van der Waals surface area contributed by atoms with E-state index in [-0.39, 0.29) is 4.90 Å². The summed E-state index contributed by atoms with van der Waals surface area (Å²) in [5, 5.41) is 3.96. The van der Waals surface area contributed by atoms with Gasteiger partial charge in [-0.3, -0.25) is 9.10 Å². The smallest absolute Gasteiger partial charge is 0.264 e. The van der Waals surface area contributed by atoms with Crippen LogP contribution < -0.4 is 9.73 Å². The van der Waals surface area contributed by atoms with E-state index in [1.165, 1.54) is 18.3 Å². The average molecular weight is 450 g/mol. The Morgan fingerprint density at radius 2 is 1.59 bits per heavy atom. The molecule has 6 nitrogen and oxygen atoms in total. The molecule has 0 bridgehead atoms. The molecule has 1 amide bonds. The van der Waals surface area contributed by atoms with Crippen molar-refractivity contribution in [3.8, 4) is 0 Å². The van der Waals surface area contributed by atoms with E-state index < -0.39 is 22.5 Å². The highest BCUT2D eigenvalue weighted by Gasteiger charge is 2.27. The van der Waals surface area contributed by atoms with Crippen LogP contribution in [0.15, 0.2) is 88.9 Å². The fourth-order valence-electron chi connectivity index (χ4n) is 3.06. The summed E-state index contributed by atoms with van der Waals surface area (Å²) in [7, 11) is -3.94. The lowest BCUT2D eigenvalue weighted by molar-refractivity contribution is -0.119. The molecule has 0 heterocycles. The van der Waals surface area contributed by atoms with Gasteiger partial charge in [0.1, 0.15) is 6.54 Å². The molecule has 0 aliphatic rings. The average Bonchev–Trinajstić information content (AvgIpc) is 2.79. The minimum Gasteiger partial charge on any atom is -0.271 e. The Balaban J connectivity index is 1.83. The van der Waals surface area contributed by atoms with Crippen LogP contribution in [0.1, 0.15) is 36.5 Å². The highest BCUT2D eigenvalue weighted by atomic mass is 32.2. The normalized spacial score (nSPS) is 11.6. The first kappa shape index (κ1) is 23.2. The molecule has 3 rings (SSSR count). The number of hydrazone groups is 1. The summed E-state index contributed by atoms with van der Waals surface area (Å²) in [4.78, 5) is 12.7. The van der Waals surface area contributed by atoms with Crippen molar-refractivity contribution in [1.82, 2.24) is 5.43 Å². The van der Waals surface area contributed by atoms with Crippen molar-refractivity contribution in [2.75, 3.05) is 10.8 Å². The Morgan fingerprint density at radius 3 is 2.19 bits per heavy atom. The zero-order chi connectivity index (χ0) is 23.1. The maximum Gasteiger partial charge on any atom is 0.264 e. The van der Waals surface area contributed by atoms with Crippen LogP contribution in [0.5, 0.6) is 0 Å². The van der Waals surface area contributed by atoms with Gasteiger partial charge >= 0.3 is 0 Å². The number of nitrogens with one attached hydrogen (secondary N) is 1. The van der Waals surface area contributed by atoms with Crippen LogP contribution in [0.3, 0.4) is 0 Å². The molecule has 0 radical (unpaired) electrons. The van der Waals surface area contributed by atoms with Gasteiger partial charge < -0.3 is 0 Å². The zero-order valence-corrected chi connectivity index (χ0v) is 19.2. The SMILES string of the molecule is Cc1ccc(/C=N\NC(=O)CN(c2ccc(C(C)C)cc2)S(=O)(=O)c2ccccc2)cc1. The summed E-state index contributed by atoms with van der Waals surface area (Å²) in [6.45, 7) is 5.71. The molecule has 0 aromatic heterocycles. The van der Waals surface area contributed by atoms with Crippen LogP contribution in [-0.2, 0) is 14.8 Å². The lowest BCUT2D eigenvalue weighted by Crippen LogP contribution is -2.39. The largest absolute Gasteiger partial charge is 0.271 e. The Labute approximate surface area is 189 Å². The van der Waals surface area contributed by atoms with Crippen molar-refractivity contribution >= 4 is 27.8 Å². The summed E-state index contributed by atoms with van der Waals surface area (Å²) in [5.74, 6) is -0.233. The number of aryl methyl sites for hydroxylation is 1. The second-order valence-electron chi connectivity index (χ2n) is 7.77. The van der Waals surface area contributed by atoms with Crippen molar-refractivity contribution in [2.24, 2.45) is 5.10 Å². The molecule has 0 saturated carbocycles. The van der Waals surface area contributed by atoms with Crippen molar-refractivity contribution in [3.05, 3.63) is 95.6 Å². The number of amides is 1. The first-order valence-electron chi connectivity index (χ1n) is 10.3. The van der Waals surface area contributed by atoms with Gasteiger partial charge in [0.05, 0.1) is 16.8 Å². The lowest BCUT2D eigenvalue weighted by Gasteiger charge is -2.24. The molecule has 0 unspecified atom stereocenters. The van der Waals surface area contributed by atoms with Gasteiger partial charge in [-0.1, -0.05) is 74.0 Å². The molecule has 3 aromatic carbocycles. The number of rotatable bonds is 8. The first-order valence-corrected chi connectivity index (χ1v) is 11.8. The van der Waals surface area contributed by atoms with Crippen LogP contribution in [0.4, 0.5) is 5.69 Å². The molecule has 7 heteroatoms. The number of hydrogen-bond donors (Lipinski definition) is 1. The summed E-state index contributed by atoms with van der Waals surface area (Å²) in [6.07, 6.45) is 1.52. The second-order valence-corrected chi connectivity index (χ2v) is 9.64. The number of sulfonamides is 1. The zero-order valence-electron chi connectivity index (χ0n) is 18.4. The van der Waals surface area contributed by atoms with E-state index in [0.29, 0.717) is 11.6 Å². The Morgan fingerprint density at radius 1 is 0.969 bits per heavy atom. The molecule has 0 atom stereocenters. The number of nitrogens with zero attached hydrogens (tertiary/aromatic N) is 2. The molecule has 0 fully saturated rings. The topological polar surface area (TPSA) is 78.8 Å². The number of benzene rings is 3. The highest BCUT2D eigenvalue weighted by Crippen LogP contribution is 2.25. The monoisotopic (exact) mass is 449 g/mol. The molecule has 166 valence electrons. The summed E-state index contributed by atoms with van der Waals surface area (Å²) in [5.41, 5.74) is 5.87. The molecule has 0 saturated heterocycles. The van der Waals surface area contributed by atoms with Gasteiger partial charge in [0.25, 0.3) is 15.9 Å². The molecule has 32 heavy (non-hydrogen) atoms. The van der Waals surface area contributed by atoms with E-state index in [4.69, 9.17) is 0 Å². The molecular weight excluding hydrogens is 422 g/mol. The minimum atomic E-state index is -3.94. The lowest BCUT2D eigenvalue weighted by atomic mass is 10.0. The van der Waals surface area contributed by atoms with Crippen LogP contribution in [-0.4, -0.2) is 27.1 Å². The van der Waals surface area contributed by atoms with Crippen LogP contribution >= 0.6 is 0 Å². The third-order valence-corrected chi connectivity index (χ3v) is 6.73. The molecule has 0 spiro atoms. The van der Waals surface area contributed by atoms with E-state index >= 15 is 0 Å². The maximum atomic E-state index is 13.3. The van der Waals surface area contributed by atoms with Crippen LogP contribution in [0.25, 0.3) is 0 Å². The summed E-state index contributed by atoms with van der Waals surface area (Å²) in [6, 6.07) is 22.9. The third-order valence-electron chi connectivity index (χ3n) is 4.95. The van der Waals surface area contributed by atoms with E-state index in [2.05, 4.69) is 24.4 Å². The quantitative estimate of drug-likeness (QED) is 0.407. The van der Waals surface area contributed by atoms with Crippen molar-refractivity contribution < 1.29 is 13.2 Å². The van der Waals surface area contributed by atoms with Crippen molar-refractivity contribution in [3.63, 3.8) is 0 Å². The molecule has 0 aliphatic carbocycles. The maximum absolute atomic E-state index is 13.3. The van der Waals surface area contributed by atoms with Gasteiger partial charge in [-0.05, 0) is 48.2 Å². The first-order chi connectivity index (χ1) is 15.3. The second kappa shape index (κ2) is 10.2. The van der Waals surface area contributed by atoms with Crippen molar-refractivity contribution in [1.29, 1.82) is 0 Å². The van der Waals surface area contributed by atoms with Gasteiger partial charge in [-0.25, -0.2) is 13.8 Å². The minimum absolute atomic E-state index is 0.115. The number of anilines is 1. The van der Waals surface area contributed by atoms with E-state index in [9.17, 15) is 13.2 Å². The predicted octanol–water partition coefficient (Wildman–Crippen LogP) is 4.46. The Kier molecular flexibility index (Phi) is 7.43. The highest BCUT2D eigenvalue weighted by molar-refractivity contribution is 7.92. The van der Waals surface area contributed by atoms with E-state index in [1.54, 1.807) is 30.3 Å². The van der Waals surface area contributed by atoms with E-state index in [0.717, 1.165) is 21.0 Å². The van der Waals surface area contributed by atoms with Gasteiger partial charge in [0, 0.05) is 0 Å².